The second-order valence-electron chi connectivity index (χ2n) is 11.6. The van der Waals surface area contributed by atoms with Crippen LogP contribution in [0.15, 0.2) is 134 Å². The first kappa shape index (κ1) is 36.3. The molecule has 4 aromatic rings. The van der Waals surface area contributed by atoms with Crippen LogP contribution in [0.4, 0.5) is 0 Å². The fourth-order valence-corrected chi connectivity index (χ4v) is 4.28. The molecule has 8 nitrogen and oxygen atoms in total. The van der Waals surface area contributed by atoms with Gasteiger partial charge in [0.2, 0.25) is 0 Å². The molecule has 252 valence electrons. The van der Waals surface area contributed by atoms with E-state index in [9.17, 15) is 19.2 Å². The summed E-state index contributed by atoms with van der Waals surface area (Å²) in [7, 11) is 0. The zero-order chi connectivity index (χ0) is 36.5. The third-order valence-corrected chi connectivity index (χ3v) is 7.04. The van der Waals surface area contributed by atoms with E-state index in [1.54, 1.807) is 52.0 Å². The van der Waals surface area contributed by atoms with E-state index in [0.29, 0.717) is 11.1 Å². The van der Waals surface area contributed by atoms with Crippen LogP contribution in [0.5, 0.6) is 23.0 Å². The van der Waals surface area contributed by atoms with Crippen molar-refractivity contribution < 1.29 is 38.1 Å². The van der Waals surface area contributed by atoms with E-state index in [0.717, 1.165) is 22.3 Å². The Balaban J connectivity index is 1.55. The number of hydrogen-bond donors (Lipinski definition) is 0. The smallest absolute Gasteiger partial charge is 0.338 e. The molecule has 0 amide bonds. The molecule has 0 N–H and O–H groups in total. The monoisotopic (exact) mass is 668 g/mol. The molecule has 0 radical (unpaired) electrons. The van der Waals surface area contributed by atoms with Crippen molar-refractivity contribution in [3.63, 3.8) is 0 Å². The summed E-state index contributed by atoms with van der Waals surface area (Å²) in [5.74, 6) is -1.54. The van der Waals surface area contributed by atoms with Crippen LogP contribution in [-0.4, -0.2) is 23.9 Å². The van der Waals surface area contributed by atoms with E-state index in [4.69, 9.17) is 18.9 Å². The van der Waals surface area contributed by atoms with E-state index in [1.807, 2.05) is 60.7 Å². The minimum Gasteiger partial charge on any atom is -0.423 e. The molecule has 0 atom stereocenters. The van der Waals surface area contributed by atoms with Gasteiger partial charge in [-0.1, -0.05) is 87.0 Å². The van der Waals surface area contributed by atoms with Crippen molar-refractivity contribution in [1.29, 1.82) is 0 Å². The first-order valence-electron chi connectivity index (χ1n) is 15.4. The van der Waals surface area contributed by atoms with Gasteiger partial charge in [-0.3, -0.25) is 0 Å². The van der Waals surface area contributed by atoms with Crippen molar-refractivity contribution in [3.05, 3.63) is 145 Å². The van der Waals surface area contributed by atoms with Crippen LogP contribution in [0.3, 0.4) is 0 Å². The van der Waals surface area contributed by atoms with Gasteiger partial charge in [-0.2, -0.15) is 0 Å². The van der Waals surface area contributed by atoms with Crippen molar-refractivity contribution in [3.8, 4) is 45.3 Å². The Morgan fingerprint density at radius 2 is 0.740 bits per heavy atom. The molecule has 0 aliphatic heterocycles. The van der Waals surface area contributed by atoms with Crippen molar-refractivity contribution >= 4 is 36.0 Å². The van der Waals surface area contributed by atoms with Crippen LogP contribution in [0.1, 0.15) is 38.8 Å². The van der Waals surface area contributed by atoms with Gasteiger partial charge in [-0.15, -0.1) is 0 Å². The van der Waals surface area contributed by atoms with Crippen molar-refractivity contribution in [1.82, 2.24) is 0 Å². The summed E-state index contributed by atoms with van der Waals surface area (Å²) in [6.45, 7) is 20.6. The molecule has 0 aliphatic rings. The molecule has 0 heterocycles. The van der Waals surface area contributed by atoms with Crippen molar-refractivity contribution in [2.75, 3.05) is 0 Å². The summed E-state index contributed by atoms with van der Waals surface area (Å²) >= 11 is 0. The first-order valence-corrected chi connectivity index (χ1v) is 15.4. The summed E-state index contributed by atoms with van der Waals surface area (Å²) in [6.07, 6.45) is 3.90. The second kappa shape index (κ2) is 16.0. The predicted octanol–water partition coefficient (Wildman–Crippen LogP) is 9.12. The van der Waals surface area contributed by atoms with Gasteiger partial charge in [0.05, 0.1) is 0 Å². The van der Waals surface area contributed by atoms with E-state index in [2.05, 4.69) is 26.3 Å². The molecule has 4 aromatic carbocycles. The molecule has 0 spiro atoms. The van der Waals surface area contributed by atoms with E-state index >= 15 is 0 Å². The van der Waals surface area contributed by atoms with Gasteiger partial charge in [0.1, 0.15) is 23.0 Å². The lowest BCUT2D eigenvalue weighted by Crippen LogP contribution is -2.11. The summed E-state index contributed by atoms with van der Waals surface area (Å²) in [5, 5.41) is 0. The van der Waals surface area contributed by atoms with Crippen LogP contribution in [0, 0.1) is 0 Å². The Bertz CT molecular complexity index is 1910. The Labute approximate surface area is 291 Å². The summed E-state index contributed by atoms with van der Waals surface area (Å²) < 4.78 is 21.8. The molecule has 0 bridgehead atoms. The van der Waals surface area contributed by atoms with Gasteiger partial charge in [-0.25, -0.2) is 19.2 Å². The van der Waals surface area contributed by atoms with Crippen LogP contribution in [-0.2, 0) is 19.2 Å². The lowest BCUT2D eigenvalue weighted by atomic mass is 10.0. The Morgan fingerprint density at radius 1 is 0.440 bits per heavy atom. The van der Waals surface area contributed by atoms with Gasteiger partial charge in [0.15, 0.2) is 0 Å². The topological polar surface area (TPSA) is 105 Å². The number of ether oxygens (including phenoxy) is 4. The molecule has 4 rings (SSSR count). The molecule has 0 unspecified atom stereocenters. The van der Waals surface area contributed by atoms with E-state index < -0.39 is 23.9 Å². The van der Waals surface area contributed by atoms with Crippen LogP contribution < -0.4 is 18.9 Å². The van der Waals surface area contributed by atoms with Crippen molar-refractivity contribution in [2.45, 2.75) is 27.7 Å². The average molecular weight is 669 g/mol. The number of esters is 4. The number of hydrogen-bond acceptors (Lipinski definition) is 8. The third-order valence-electron chi connectivity index (χ3n) is 7.04. The van der Waals surface area contributed by atoms with Gasteiger partial charge in [0.25, 0.3) is 0 Å². The standard InChI is InChI=1S/C42H36O8/c1-25(2)39(43)47-33-19-21-35(37(23-33)49-41(45)27(5)6)31-15-11-29(12-16-31)9-10-30-13-17-32(18-14-30)36-22-20-34(48-40(44)26(3)4)24-38(36)50-42(46)28(7)8/h9-24H,1,3,5,7H2,2,4,6,8H3/b10-9+. The summed E-state index contributed by atoms with van der Waals surface area (Å²) in [5.41, 5.74) is 5.54. The summed E-state index contributed by atoms with van der Waals surface area (Å²) in [6, 6.07) is 24.9. The normalized spacial score (nSPS) is 10.6. The third kappa shape index (κ3) is 9.51. The molecule has 50 heavy (non-hydrogen) atoms. The minimum absolute atomic E-state index is 0.210. The maximum absolute atomic E-state index is 12.4. The first-order chi connectivity index (χ1) is 23.7. The Morgan fingerprint density at radius 3 is 1.04 bits per heavy atom. The fraction of sp³-hybridized carbons (Fsp3) is 0.0952. The van der Waals surface area contributed by atoms with Crippen LogP contribution in [0.2, 0.25) is 0 Å². The molecule has 0 saturated carbocycles. The molecule has 0 aliphatic carbocycles. The highest BCUT2D eigenvalue weighted by Crippen LogP contribution is 2.36. The van der Waals surface area contributed by atoms with Gasteiger partial charge in [-0.05, 0) is 74.2 Å². The Hall–Kier alpha value is -6.54. The zero-order valence-corrected chi connectivity index (χ0v) is 28.3. The maximum Gasteiger partial charge on any atom is 0.338 e. The lowest BCUT2D eigenvalue weighted by molar-refractivity contribution is -0.131. The lowest BCUT2D eigenvalue weighted by Gasteiger charge is -2.13. The van der Waals surface area contributed by atoms with Gasteiger partial charge >= 0.3 is 23.9 Å². The SMILES string of the molecule is C=C(C)C(=O)Oc1ccc(-c2ccc(/C=C/c3ccc(-c4ccc(OC(=O)C(=C)C)cc4OC(=O)C(=C)C)cc3)cc2)c(OC(=O)C(=C)C)c1. The molecule has 0 fully saturated rings. The molecule has 0 saturated heterocycles. The molecule has 8 heteroatoms. The number of benzene rings is 4. The van der Waals surface area contributed by atoms with Crippen LogP contribution >= 0.6 is 0 Å². The van der Waals surface area contributed by atoms with Crippen molar-refractivity contribution in [2.24, 2.45) is 0 Å². The number of rotatable bonds is 12. The molecular formula is C42H36O8. The van der Waals surface area contributed by atoms with E-state index in [-0.39, 0.29) is 45.3 Å². The Kier molecular flexibility index (Phi) is 11.6. The fourth-order valence-electron chi connectivity index (χ4n) is 4.28. The zero-order valence-electron chi connectivity index (χ0n) is 28.3. The minimum atomic E-state index is -0.606. The second-order valence-corrected chi connectivity index (χ2v) is 11.6. The number of carbonyl (C=O) groups excluding carboxylic acids is 4. The highest BCUT2D eigenvalue weighted by atomic mass is 16.6. The average Bonchev–Trinajstić information content (AvgIpc) is 3.08. The highest BCUT2D eigenvalue weighted by Gasteiger charge is 2.17. The number of carbonyl (C=O) groups is 4. The van der Waals surface area contributed by atoms with E-state index in [1.165, 1.54) is 12.1 Å². The summed E-state index contributed by atoms with van der Waals surface area (Å²) in [4.78, 5) is 48.8. The predicted molar refractivity (Wildman–Crippen MR) is 194 cm³/mol. The van der Waals surface area contributed by atoms with Gasteiger partial charge < -0.3 is 18.9 Å². The molecular weight excluding hydrogens is 632 g/mol. The molecule has 0 aromatic heterocycles. The highest BCUT2D eigenvalue weighted by molar-refractivity contribution is 5.92. The maximum atomic E-state index is 12.4. The quantitative estimate of drug-likeness (QED) is 0.0637. The van der Waals surface area contributed by atoms with Gasteiger partial charge in [0, 0.05) is 45.6 Å². The van der Waals surface area contributed by atoms with Crippen LogP contribution in [0.25, 0.3) is 34.4 Å². The largest absolute Gasteiger partial charge is 0.423 e.